The average Bonchev–Trinajstić information content (AvgIpc) is 3.08. The highest BCUT2D eigenvalue weighted by Gasteiger charge is 2.15. The largest absolute Gasteiger partial charge is 0.372 e. The van der Waals surface area contributed by atoms with Crippen molar-refractivity contribution in [3.63, 3.8) is 0 Å². The van der Waals surface area contributed by atoms with E-state index in [9.17, 15) is 8.42 Å². The topological polar surface area (TPSA) is 49.4 Å². The van der Waals surface area contributed by atoms with E-state index in [-0.39, 0.29) is 11.4 Å². The fraction of sp³-hybridized carbons (Fsp3) is 0.294. The van der Waals surface area contributed by atoms with Crippen LogP contribution in [0.3, 0.4) is 0 Å². The second-order valence-electron chi connectivity index (χ2n) is 5.64. The van der Waals surface area contributed by atoms with Gasteiger partial charge in [-0.1, -0.05) is 29.8 Å². The van der Waals surface area contributed by atoms with E-state index in [2.05, 4.69) is 9.62 Å². The molecule has 1 aliphatic heterocycles. The molecule has 0 saturated carbocycles. The van der Waals surface area contributed by atoms with Crippen molar-refractivity contribution in [2.45, 2.75) is 24.3 Å². The molecule has 0 amide bonds. The van der Waals surface area contributed by atoms with E-state index in [1.165, 1.54) is 30.7 Å². The van der Waals surface area contributed by atoms with E-state index in [1.807, 2.05) is 24.3 Å². The van der Waals surface area contributed by atoms with Gasteiger partial charge in [0.1, 0.15) is 0 Å². The standard InChI is InChI=1S/C17H19ClN2O2S/c18-15-4-3-5-17(12-15)23(21,22)19-13-14-6-8-16(9-7-14)20-10-1-2-11-20/h3-9,12,19H,1-2,10-11,13H2. The molecule has 1 N–H and O–H groups in total. The van der Waals surface area contributed by atoms with Gasteiger partial charge in [0, 0.05) is 30.3 Å². The number of rotatable bonds is 5. The van der Waals surface area contributed by atoms with E-state index in [0.29, 0.717) is 5.02 Å². The van der Waals surface area contributed by atoms with Crippen LogP contribution in [-0.4, -0.2) is 21.5 Å². The van der Waals surface area contributed by atoms with Crippen LogP contribution in [0.5, 0.6) is 0 Å². The lowest BCUT2D eigenvalue weighted by Gasteiger charge is -2.17. The highest BCUT2D eigenvalue weighted by molar-refractivity contribution is 7.89. The Hall–Kier alpha value is -1.56. The zero-order valence-corrected chi connectivity index (χ0v) is 14.3. The van der Waals surface area contributed by atoms with Crippen molar-refractivity contribution in [3.8, 4) is 0 Å². The fourth-order valence-corrected chi connectivity index (χ4v) is 4.01. The summed E-state index contributed by atoms with van der Waals surface area (Å²) in [6.45, 7) is 2.45. The van der Waals surface area contributed by atoms with Crippen LogP contribution in [0.1, 0.15) is 18.4 Å². The third-order valence-corrected chi connectivity index (χ3v) is 5.61. The predicted molar refractivity (Wildman–Crippen MR) is 93.4 cm³/mol. The number of hydrogen-bond acceptors (Lipinski definition) is 3. The summed E-state index contributed by atoms with van der Waals surface area (Å²) in [5.74, 6) is 0. The molecule has 1 heterocycles. The minimum absolute atomic E-state index is 0.179. The van der Waals surface area contributed by atoms with Crippen LogP contribution in [0.2, 0.25) is 5.02 Å². The van der Waals surface area contributed by atoms with Gasteiger partial charge in [-0.25, -0.2) is 13.1 Å². The zero-order valence-electron chi connectivity index (χ0n) is 12.7. The first kappa shape index (κ1) is 16.3. The summed E-state index contributed by atoms with van der Waals surface area (Å²) in [6, 6.07) is 14.3. The second kappa shape index (κ2) is 6.91. The number of nitrogens with one attached hydrogen (secondary N) is 1. The van der Waals surface area contributed by atoms with Gasteiger partial charge in [0.05, 0.1) is 4.90 Å². The van der Waals surface area contributed by atoms with Gasteiger partial charge in [0.25, 0.3) is 0 Å². The van der Waals surface area contributed by atoms with Crippen molar-refractivity contribution in [3.05, 3.63) is 59.1 Å². The summed E-state index contributed by atoms with van der Waals surface area (Å²) < 4.78 is 27.1. The molecule has 0 aliphatic carbocycles. The first-order chi connectivity index (χ1) is 11.0. The second-order valence-corrected chi connectivity index (χ2v) is 7.85. The molecule has 4 nitrogen and oxygen atoms in total. The number of sulfonamides is 1. The lowest BCUT2D eigenvalue weighted by Crippen LogP contribution is -2.23. The third kappa shape index (κ3) is 4.05. The van der Waals surface area contributed by atoms with Gasteiger partial charge in [-0.05, 0) is 48.7 Å². The normalized spacial score (nSPS) is 15.1. The summed E-state index contributed by atoms with van der Waals surface area (Å²) >= 11 is 5.85. The molecule has 1 fully saturated rings. The van der Waals surface area contributed by atoms with Crippen LogP contribution >= 0.6 is 11.6 Å². The minimum Gasteiger partial charge on any atom is -0.372 e. The molecule has 3 rings (SSSR count). The molecule has 6 heteroatoms. The van der Waals surface area contributed by atoms with Gasteiger partial charge in [0.2, 0.25) is 10.0 Å². The quantitative estimate of drug-likeness (QED) is 0.898. The summed E-state index contributed by atoms with van der Waals surface area (Å²) in [5, 5.41) is 0.405. The summed E-state index contributed by atoms with van der Waals surface area (Å²) in [6.07, 6.45) is 2.47. The minimum atomic E-state index is -3.55. The molecule has 2 aromatic rings. The zero-order chi connectivity index (χ0) is 16.3. The van der Waals surface area contributed by atoms with Crippen LogP contribution < -0.4 is 9.62 Å². The molecule has 0 unspecified atom stereocenters. The predicted octanol–water partition coefficient (Wildman–Crippen LogP) is 3.42. The van der Waals surface area contributed by atoms with Crippen LogP contribution in [0.15, 0.2) is 53.4 Å². The maximum atomic E-state index is 12.3. The molecule has 0 atom stereocenters. The molecule has 1 saturated heterocycles. The Morgan fingerprint density at radius 1 is 1.04 bits per heavy atom. The Morgan fingerprint density at radius 2 is 1.74 bits per heavy atom. The Morgan fingerprint density at radius 3 is 2.39 bits per heavy atom. The first-order valence-electron chi connectivity index (χ1n) is 7.64. The van der Waals surface area contributed by atoms with Gasteiger partial charge in [0.15, 0.2) is 0 Å². The number of hydrogen-bond donors (Lipinski definition) is 1. The van der Waals surface area contributed by atoms with Crippen LogP contribution in [0.4, 0.5) is 5.69 Å². The lowest BCUT2D eigenvalue weighted by molar-refractivity contribution is 0.581. The number of halogens is 1. The molecule has 23 heavy (non-hydrogen) atoms. The van der Waals surface area contributed by atoms with Crippen molar-refractivity contribution in [2.75, 3.05) is 18.0 Å². The Bertz CT molecular complexity index is 769. The molecule has 122 valence electrons. The molecular formula is C17H19ClN2O2S. The van der Waals surface area contributed by atoms with E-state index >= 15 is 0 Å². The molecule has 2 aromatic carbocycles. The maximum Gasteiger partial charge on any atom is 0.240 e. The van der Waals surface area contributed by atoms with Crippen molar-refractivity contribution in [2.24, 2.45) is 0 Å². The van der Waals surface area contributed by atoms with Gasteiger partial charge < -0.3 is 4.90 Å². The number of anilines is 1. The molecule has 0 aromatic heterocycles. The van der Waals surface area contributed by atoms with E-state index in [4.69, 9.17) is 11.6 Å². The van der Waals surface area contributed by atoms with Gasteiger partial charge in [-0.2, -0.15) is 0 Å². The number of nitrogens with zero attached hydrogens (tertiary/aromatic N) is 1. The van der Waals surface area contributed by atoms with Gasteiger partial charge >= 0.3 is 0 Å². The molecule has 0 radical (unpaired) electrons. The van der Waals surface area contributed by atoms with Crippen LogP contribution in [-0.2, 0) is 16.6 Å². The monoisotopic (exact) mass is 350 g/mol. The van der Waals surface area contributed by atoms with Crippen molar-refractivity contribution in [1.29, 1.82) is 0 Å². The van der Waals surface area contributed by atoms with E-state index in [0.717, 1.165) is 18.7 Å². The van der Waals surface area contributed by atoms with E-state index in [1.54, 1.807) is 12.1 Å². The summed E-state index contributed by atoms with van der Waals surface area (Å²) in [7, 11) is -3.55. The highest BCUT2D eigenvalue weighted by Crippen LogP contribution is 2.21. The lowest BCUT2D eigenvalue weighted by atomic mass is 10.2. The molecule has 0 bridgehead atoms. The summed E-state index contributed by atoms with van der Waals surface area (Å²) in [5.41, 5.74) is 2.13. The summed E-state index contributed by atoms with van der Waals surface area (Å²) in [4.78, 5) is 2.53. The fourth-order valence-electron chi connectivity index (χ4n) is 2.70. The number of benzene rings is 2. The molecular weight excluding hydrogens is 332 g/mol. The maximum absolute atomic E-state index is 12.3. The average molecular weight is 351 g/mol. The molecule has 1 aliphatic rings. The van der Waals surface area contributed by atoms with Crippen molar-refractivity contribution >= 4 is 27.3 Å². The highest BCUT2D eigenvalue weighted by atomic mass is 35.5. The first-order valence-corrected chi connectivity index (χ1v) is 9.50. The SMILES string of the molecule is O=S(=O)(NCc1ccc(N2CCCC2)cc1)c1cccc(Cl)c1. The van der Waals surface area contributed by atoms with Crippen molar-refractivity contribution < 1.29 is 8.42 Å². The van der Waals surface area contributed by atoms with Gasteiger partial charge in [-0.15, -0.1) is 0 Å². The van der Waals surface area contributed by atoms with Gasteiger partial charge in [-0.3, -0.25) is 0 Å². The smallest absolute Gasteiger partial charge is 0.240 e. The van der Waals surface area contributed by atoms with E-state index < -0.39 is 10.0 Å². The Balaban J connectivity index is 1.65. The molecule has 0 spiro atoms. The van der Waals surface area contributed by atoms with Crippen molar-refractivity contribution in [1.82, 2.24) is 4.72 Å². The van der Waals surface area contributed by atoms with Crippen LogP contribution in [0, 0.1) is 0 Å². The third-order valence-electron chi connectivity index (χ3n) is 3.98. The Kier molecular flexibility index (Phi) is 4.90. The Labute approximate surface area is 142 Å². The van der Waals surface area contributed by atoms with Crippen LogP contribution in [0.25, 0.3) is 0 Å².